The zero-order valence-electron chi connectivity index (χ0n) is 33.0. The largest absolute Gasteiger partial charge is 0.480 e. The third-order valence-corrected chi connectivity index (χ3v) is 9.34. The molecule has 0 bridgehead atoms. The summed E-state index contributed by atoms with van der Waals surface area (Å²) in [6, 6.07) is -1.53. The van der Waals surface area contributed by atoms with E-state index in [2.05, 4.69) is 47.9 Å². The lowest BCUT2D eigenvalue weighted by atomic mass is 10.0. The van der Waals surface area contributed by atoms with E-state index in [9.17, 15) is 23.8 Å². The molecule has 5 N–H and O–H groups in total. The molecule has 3 atom stereocenters. The highest BCUT2D eigenvalue weighted by Gasteiger charge is 2.28. The molecule has 0 saturated carbocycles. The van der Waals surface area contributed by atoms with Gasteiger partial charge in [0.2, 0.25) is 0 Å². The minimum absolute atomic E-state index is 0.136. The highest BCUT2D eigenvalue weighted by molar-refractivity contribution is 7.47. The fraction of sp³-hybridized carbons (Fsp3) is 0.732. The average molecular weight is 786 g/mol. The summed E-state index contributed by atoms with van der Waals surface area (Å²) >= 11 is 0. The fourth-order valence-corrected chi connectivity index (χ4v) is 5.93. The predicted octanol–water partition coefficient (Wildman–Crippen LogP) is 9.20. The van der Waals surface area contributed by atoms with Crippen molar-refractivity contribution in [2.75, 3.05) is 26.4 Å². The summed E-state index contributed by atoms with van der Waals surface area (Å²) in [5.41, 5.74) is 5.31. The van der Waals surface area contributed by atoms with Gasteiger partial charge in [-0.25, -0.2) is 4.57 Å². The van der Waals surface area contributed by atoms with Crippen molar-refractivity contribution in [1.29, 1.82) is 0 Å². The van der Waals surface area contributed by atoms with Gasteiger partial charge in [0, 0.05) is 19.4 Å². The van der Waals surface area contributed by atoms with Gasteiger partial charge in [0.25, 0.3) is 0 Å². The zero-order valence-corrected chi connectivity index (χ0v) is 33.9. The van der Waals surface area contributed by atoms with E-state index in [1.165, 1.54) is 51.4 Å². The number of phosphoric acid groups is 1. The first-order chi connectivity index (χ1) is 26.1. The molecule has 0 fully saturated rings. The molecule has 12 nitrogen and oxygen atoms in total. The third kappa shape index (κ3) is 36.4. The van der Waals surface area contributed by atoms with Crippen LogP contribution < -0.4 is 5.73 Å². The fourth-order valence-electron chi connectivity index (χ4n) is 5.15. The van der Waals surface area contributed by atoms with Crippen LogP contribution >= 0.6 is 7.82 Å². The van der Waals surface area contributed by atoms with Crippen molar-refractivity contribution in [3.8, 4) is 0 Å². The number of hydrogen-bond donors (Lipinski definition) is 4. The minimum Gasteiger partial charge on any atom is -0.480 e. The lowest BCUT2D eigenvalue weighted by Gasteiger charge is -2.20. The van der Waals surface area contributed by atoms with Crippen LogP contribution in [0.1, 0.15) is 155 Å². The number of rotatable bonds is 38. The van der Waals surface area contributed by atoms with Crippen LogP contribution in [0.5, 0.6) is 0 Å². The van der Waals surface area contributed by atoms with Gasteiger partial charge < -0.3 is 30.3 Å². The molecule has 13 heteroatoms. The molecule has 1 unspecified atom stereocenters. The maximum absolute atomic E-state index is 12.6. The summed E-state index contributed by atoms with van der Waals surface area (Å²) in [5.74, 6) is -2.47. The van der Waals surface area contributed by atoms with E-state index in [0.717, 1.165) is 64.2 Å². The van der Waals surface area contributed by atoms with Gasteiger partial charge in [-0.3, -0.25) is 23.4 Å². The van der Waals surface area contributed by atoms with Crippen molar-refractivity contribution in [2.24, 2.45) is 5.73 Å². The number of aliphatic hydroxyl groups excluding tert-OH is 1. The molecule has 0 spiro atoms. The minimum atomic E-state index is -4.73. The summed E-state index contributed by atoms with van der Waals surface area (Å²) in [6.45, 7) is 0.731. The Kier molecular flexibility index (Phi) is 35.5. The molecular weight excluding hydrogens is 713 g/mol. The van der Waals surface area contributed by atoms with Crippen molar-refractivity contribution in [3.63, 3.8) is 0 Å². The number of aliphatic carboxylic acids is 1. The smallest absolute Gasteiger partial charge is 0.472 e. The van der Waals surface area contributed by atoms with Crippen molar-refractivity contribution in [1.82, 2.24) is 0 Å². The number of nitrogens with two attached hydrogens (primary N) is 1. The second-order valence-corrected chi connectivity index (χ2v) is 15.0. The molecule has 0 heterocycles. The SMILES string of the molecule is CCCCCCCCCCCCCCC(=O)O[C@H](COC(=O)CCC/C=C\C/C=C\C/C=C\C/C=C\CCCCCO)COP(=O)(O)OC[C@H](N)C(=O)O. The van der Waals surface area contributed by atoms with Crippen molar-refractivity contribution < 1.29 is 52.6 Å². The molecule has 312 valence electrons. The summed E-state index contributed by atoms with van der Waals surface area (Å²) in [6.07, 6.45) is 37.7. The van der Waals surface area contributed by atoms with Crippen LogP contribution in [0.2, 0.25) is 0 Å². The number of phosphoric ester groups is 1. The Labute approximate surface area is 325 Å². The second-order valence-electron chi connectivity index (χ2n) is 13.5. The van der Waals surface area contributed by atoms with E-state index >= 15 is 0 Å². The Morgan fingerprint density at radius 1 is 0.611 bits per heavy atom. The number of allylic oxidation sites excluding steroid dienone is 8. The first kappa shape index (κ1) is 51.4. The zero-order chi connectivity index (χ0) is 40.0. The highest BCUT2D eigenvalue weighted by Crippen LogP contribution is 2.43. The van der Waals surface area contributed by atoms with E-state index in [-0.39, 0.29) is 26.1 Å². The number of carbonyl (C=O) groups is 3. The Hall–Kier alpha value is -2.60. The van der Waals surface area contributed by atoms with E-state index in [4.69, 9.17) is 29.9 Å². The average Bonchev–Trinajstić information content (AvgIpc) is 3.14. The quantitative estimate of drug-likeness (QED) is 0.0201. The second kappa shape index (κ2) is 37.3. The Balaban J connectivity index is 4.48. The standard InChI is InChI=1S/C41H72NO11P/c1-2-3-4-5-6-7-8-16-20-23-26-29-32-40(45)53-37(35-51-54(48,49)52-36-38(42)41(46)47)34-50-39(44)31-28-25-22-19-17-14-12-10-9-11-13-15-18-21-24-27-30-33-43/h9,11-12,14-15,18-19,22,37-38,43H,2-8,10,13,16-17,20-21,23-36,42H2,1H3,(H,46,47)(H,48,49)/b11-9-,14-12-,18-15-,22-19-/t37-,38+/m1/s1. The molecule has 0 aliphatic rings. The normalized spacial score (nSPS) is 14.3. The molecule has 0 aliphatic heterocycles. The lowest BCUT2D eigenvalue weighted by molar-refractivity contribution is -0.161. The summed E-state index contributed by atoms with van der Waals surface area (Å²) < 4.78 is 32.5. The molecule has 0 radical (unpaired) electrons. The predicted molar refractivity (Wildman–Crippen MR) is 214 cm³/mol. The van der Waals surface area contributed by atoms with Gasteiger partial charge in [0.1, 0.15) is 12.6 Å². The monoisotopic (exact) mass is 785 g/mol. The van der Waals surface area contributed by atoms with Crippen molar-refractivity contribution in [3.05, 3.63) is 48.6 Å². The van der Waals surface area contributed by atoms with E-state index in [0.29, 0.717) is 19.3 Å². The summed E-state index contributed by atoms with van der Waals surface area (Å²) in [5, 5.41) is 17.6. The molecule has 0 rings (SSSR count). The molecular formula is C41H72NO11P. The first-order valence-electron chi connectivity index (χ1n) is 20.3. The summed E-state index contributed by atoms with van der Waals surface area (Å²) in [4.78, 5) is 45.8. The number of unbranched alkanes of at least 4 members (excludes halogenated alkanes) is 15. The van der Waals surface area contributed by atoms with Gasteiger partial charge in [-0.05, 0) is 57.8 Å². The topological polar surface area (TPSA) is 192 Å². The van der Waals surface area contributed by atoms with Gasteiger partial charge in [-0.2, -0.15) is 0 Å². The van der Waals surface area contributed by atoms with Crippen LogP contribution in [0.4, 0.5) is 0 Å². The Morgan fingerprint density at radius 2 is 1.07 bits per heavy atom. The molecule has 0 amide bonds. The number of carbonyl (C=O) groups excluding carboxylic acids is 2. The van der Waals surface area contributed by atoms with Crippen LogP contribution in [0.3, 0.4) is 0 Å². The third-order valence-electron chi connectivity index (χ3n) is 8.38. The van der Waals surface area contributed by atoms with Crippen LogP contribution in [0, 0.1) is 0 Å². The van der Waals surface area contributed by atoms with Crippen LogP contribution in [0.15, 0.2) is 48.6 Å². The van der Waals surface area contributed by atoms with Gasteiger partial charge in [-0.1, -0.05) is 133 Å². The molecule has 0 aromatic rings. The number of carboxylic acids is 1. The summed E-state index contributed by atoms with van der Waals surface area (Å²) in [7, 11) is -4.73. The number of hydrogen-bond acceptors (Lipinski definition) is 10. The van der Waals surface area contributed by atoms with E-state index in [1.807, 2.05) is 12.2 Å². The molecule has 0 aromatic heterocycles. The highest BCUT2D eigenvalue weighted by atomic mass is 31.2. The van der Waals surface area contributed by atoms with Gasteiger partial charge >= 0.3 is 25.7 Å². The van der Waals surface area contributed by atoms with Crippen LogP contribution in [-0.4, -0.2) is 71.6 Å². The Bertz CT molecular complexity index is 1110. The van der Waals surface area contributed by atoms with Gasteiger partial charge in [0.05, 0.1) is 13.2 Å². The van der Waals surface area contributed by atoms with Crippen molar-refractivity contribution in [2.45, 2.75) is 167 Å². The van der Waals surface area contributed by atoms with Crippen molar-refractivity contribution >= 4 is 25.7 Å². The molecule has 0 aliphatic carbocycles. The van der Waals surface area contributed by atoms with E-state index in [1.54, 1.807) is 0 Å². The Morgan fingerprint density at radius 3 is 1.61 bits per heavy atom. The van der Waals surface area contributed by atoms with Gasteiger partial charge in [0.15, 0.2) is 6.10 Å². The number of ether oxygens (including phenoxy) is 2. The lowest BCUT2D eigenvalue weighted by Crippen LogP contribution is -2.34. The number of carboxylic acid groups (broad SMARTS) is 1. The van der Waals surface area contributed by atoms with Crippen LogP contribution in [-0.2, 0) is 37.5 Å². The van der Waals surface area contributed by atoms with Crippen LogP contribution in [0.25, 0.3) is 0 Å². The maximum Gasteiger partial charge on any atom is 0.472 e. The maximum atomic E-state index is 12.6. The molecule has 54 heavy (non-hydrogen) atoms. The number of aliphatic hydroxyl groups is 1. The van der Waals surface area contributed by atoms with Gasteiger partial charge in [-0.15, -0.1) is 0 Å². The molecule has 0 aromatic carbocycles. The van der Waals surface area contributed by atoms with E-state index < -0.39 is 51.1 Å². The number of esters is 2. The first-order valence-corrected chi connectivity index (χ1v) is 21.8. The molecule has 0 saturated heterocycles.